The zero-order chi connectivity index (χ0) is 14.6. The molecule has 0 bridgehead atoms. The van der Waals surface area contributed by atoms with E-state index in [1.807, 2.05) is 0 Å². The highest BCUT2D eigenvalue weighted by atomic mass is 32.2. The maximum atomic E-state index is 12.6. The topological polar surface area (TPSA) is 58.6 Å². The minimum absolute atomic E-state index is 0.230. The first-order chi connectivity index (χ1) is 9.55. The molecule has 0 aliphatic carbocycles. The molecule has 1 unspecified atom stereocenters. The summed E-state index contributed by atoms with van der Waals surface area (Å²) in [4.78, 5) is 0.230. The van der Waals surface area contributed by atoms with Gasteiger partial charge in [-0.3, -0.25) is 0 Å². The summed E-state index contributed by atoms with van der Waals surface area (Å²) in [5, 5.41) is 3.31. The third-order valence-electron chi connectivity index (χ3n) is 3.67. The molecule has 1 aliphatic rings. The van der Waals surface area contributed by atoms with Crippen LogP contribution in [0.3, 0.4) is 0 Å². The molecule has 0 radical (unpaired) electrons. The zero-order valence-electron chi connectivity index (χ0n) is 12.0. The van der Waals surface area contributed by atoms with Crippen molar-refractivity contribution in [3.63, 3.8) is 0 Å². The van der Waals surface area contributed by atoms with Crippen molar-refractivity contribution in [2.24, 2.45) is 5.92 Å². The Labute approximate surface area is 121 Å². The predicted octanol–water partition coefficient (Wildman–Crippen LogP) is 1.32. The number of hydrogen-bond donors (Lipinski definition) is 1. The Morgan fingerprint density at radius 2 is 2.15 bits per heavy atom. The van der Waals surface area contributed by atoms with Crippen LogP contribution in [0.25, 0.3) is 0 Å². The van der Waals surface area contributed by atoms with Gasteiger partial charge in [-0.1, -0.05) is 12.1 Å². The molecule has 1 atom stereocenters. The first-order valence-corrected chi connectivity index (χ1v) is 8.30. The molecule has 112 valence electrons. The minimum Gasteiger partial charge on any atom is -0.495 e. The molecule has 20 heavy (non-hydrogen) atoms. The van der Waals surface area contributed by atoms with E-state index in [2.05, 4.69) is 5.32 Å². The SMILES string of the molecule is COc1ccccc1S(=O)(=O)N(C)CC1CCCNC1. The Kier molecular flexibility index (Phi) is 5.01. The van der Waals surface area contributed by atoms with E-state index in [1.54, 1.807) is 31.3 Å². The van der Waals surface area contributed by atoms with Crippen molar-refractivity contribution in [1.29, 1.82) is 0 Å². The molecule has 0 saturated carbocycles. The third-order valence-corrected chi connectivity index (χ3v) is 5.53. The van der Waals surface area contributed by atoms with Crippen molar-refractivity contribution in [2.45, 2.75) is 17.7 Å². The van der Waals surface area contributed by atoms with Gasteiger partial charge in [0.2, 0.25) is 10.0 Å². The zero-order valence-corrected chi connectivity index (χ0v) is 12.8. The van der Waals surface area contributed by atoms with Crippen LogP contribution < -0.4 is 10.1 Å². The van der Waals surface area contributed by atoms with Crippen LogP contribution in [0.15, 0.2) is 29.2 Å². The number of piperidine rings is 1. The van der Waals surface area contributed by atoms with Crippen LogP contribution in [-0.4, -0.2) is 46.5 Å². The summed E-state index contributed by atoms with van der Waals surface area (Å²) in [6.45, 7) is 2.44. The molecular formula is C14H22N2O3S. The summed E-state index contributed by atoms with van der Waals surface area (Å²) in [6, 6.07) is 6.74. The lowest BCUT2D eigenvalue weighted by atomic mass is 10.00. The van der Waals surface area contributed by atoms with Crippen molar-refractivity contribution >= 4 is 10.0 Å². The van der Waals surface area contributed by atoms with E-state index >= 15 is 0 Å². The van der Waals surface area contributed by atoms with Crippen molar-refractivity contribution < 1.29 is 13.2 Å². The van der Waals surface area contributed by atoms with E-state index in [0.717, 1.165) is 25.9 Å². The molecule has 2 rings (SSSR count). The summed E-state index contributed by atoms with van der Waals surface area (Å²) in [6.07, 6.45) is 2.17. The van der Waals surface area contributed by atoms with Crippen molar-refractivity contribution in [1.82, 2.24) is 9.62 Å². The molecule has 1 N–H and O–H groups in total. The minimum atomic E-state index is -3.50. The van der Waals surface area contributed by atoms with E-state index in [0.29, 0.717) is 18.2 Å². The number of hydrogen-bond acceptors (Lipinski definition) is 4. The highest BCUT2D eigenvalue weighted by molar-refractivity contribution is 7.89. The number of rotatable bonds is 5. The number of benzene rings is 1. The number of ether oxygens (including phenoxy) is 1. The number of nitrogens with one attached hydrogen (secondary N) is 1. The highest BCUT2D eigenvalue weighted by Crippen LogP contribution is 2.26. The molecule has 1 aliphatic heterocycles. The van der Waals surface area contributed by atoms with Gasteiger partial charge in [0.1, 0.15) is 10.6 Å². The summed E-state index contributed by atoms with van der Waals surface area (Å²) >= 11 is 0. The fourth-order valence-electron chi connectivity index (χ4n) is 2.54. The average molecular weight is 298 g/mol. The second-order valence-electron chi connectivity index (χ2n) is 5.15. The smallest absolute Gasteiger partial charge is 0.246 e. The summed E-state index contributed by atoms with van der Waals surface area (Å²) in [7, 11) is -0.380. The number of sulfonamides is 1. The molecule has 0 aromatic heterocycles. The van der Waals surface area contributed by atoms with Gasteiger partial charge >= 0.3 is 0 Å². The molecule has 1 aromatic rings. The Morgan fingerprint density at radius 3 is 2.80 bits per heavy atom. The van der Waals surface area contributed by atoms with Gasteiger partial charge in [0.15, 0.2) is 0 Å². The second kappa shape index (κ2) is 6.56. The summed E-state index contributed by atoms with van der Waals surface area (Å²) in [5.41, 5.74) is 0. The van der Waals surface area contributed by atoms with Crippen molar-refractivity contribution in [3.8, 4) is 5.75 Å². The van der Waals surface area contributed by atoms with E-state index in [9.17, 15) is 8.42 Å². The van der Waals surface area contributed by atoms with Gasteiger partial charge in [-0.05, 0) is 44.0 Å². The van der Waals surface area contributed by atoms with Gasteiger partial charge in [0, 0.05) is 13.6 Å². The average Bonchev–Trinajstić information content (AvgIpc) is 2.48. The number of para-hydroxylation sites is 1. The second-order valence-corrected chi connectivity index (χ2v) is 7.16. The lowest BCUT2D eigenvalue weighted by Gasteiger charge is -2.27. The van der Waals surface area contributed by atoms with Crippen LogP contribution in [0.4, 0.5) is 0 Å². The summed E-state index contributed by atoms with van der Waals surface area (Å²) in [5.74, 6) is 0.763. The van der Waals surface area contributed by atoms with Gasteiger partial charge in [-0.15, -0.1) is 0 Å². The highest BCUT2D eigenvalue weighted by Gasteiger charge is 2.27. The number of nitrogens with zero attached hydrogens (tertiary/aromatic N) is 1. The first kappa shape index (κ1) is 15.3. The van der Waals surface area contributed by atoms with E-state index in [1.165, 1.54) is 11.4 Å². The van der Waals surface area contributed by atoms with Gasteiger partial charge < -0.3 is 10.1 Å². The molecule has 0 amide bonds. The lowest BCUT2D eigenvalue weighted by Crippen LogP contribution is -2.39. The Balaban J connectivity index is 2.16. The van der Waals surface area contributed by atoms with Crippen LogP contribution in [0.5, 0.6) is 5.75 Å². The molecule has 5 nitrogen and oxygen atoms in total. The van der Waals surface area contributed by atoms with Crippen molar-refractivity contribution in [2.75, 3.05) is 33.8 Å². The Hall–Kier alpha value is -1.11. The first-order valence-electron chi connectivity index (χ1n) is 6.86. The predicted molar refractivity (Wildman–Crippen MR) is 78.4 cm³/mol. The molecule has 0 spiro atoms. The fourth-order valence-corrected chi connectivity index (χ4v) is 3.94. The van der Waals surface area contributed by atoms with Crippen LogP contribution in [0, 0.1) is 5.92 Å². The van der Waals surface area contributed by atoms with Crippen LogP contribution in [0.2, 0.25) is 0 Å². The normalized spacial score (nSPS) is 20.1. The lowest BCUT2D eigenvalue weighted by molar-refractivity contribution is 0.313. The quantitative estimate of drug-likeness (QED) is 0.890. The fraction of sp³-hybridized carbons (Fsp3) is 0.571. The van der Waals surface area contributed by atoms with Crippen LogP contribution in [0.1, 0.15) is 12.8 Å². The maximum Gasteiger partial charge on any atom is 0.246 e. The molecule has 1 saturated heterocycles. The van der Waals surface area contributed by atoms with Crippen LogP contribution in [-0.2, 0) is 10.0 Å². The molecule has 6 heteroatoms. The standard InChI is InChI=1S/C14H22N2O3S/c1-16(11-12-6-5-9-15-10-12)20(17,18)14-8-4-3-7-13(14)19-2/h3-4,7-8,12,15H,5-6,9-11H2,1-2H3. The molecule has 1 heterocycles. The van der Waals surface area contributed by atoms with Gasteiger partial charge in [0.25, 0.3) is 0 Å². The molecular weight excluding hydrogens is 276 g/mol. The molecule has 1 aromatic carbocycles. The Morgan fingerprint density at radius 1 is 1.40 bits per heavy atom. The maximum absolute atomic E-state index is 12.6. The largest absolute Gasteiger partial charge is 0.495 e. The monoisotopic (exact) mass is 298 g/mol. The van der Waals surface area contributed by atoms with Crippen LogP contribution >= 0.6 is 0 Å². The van der Waals surface area contributed by atoms with E-state index in [-0.39, 0.29) is 4.90 Å². The van der Waals surface area contributed by atoms with Crippen molar-refractivity contribution in [3.05, 3.63) is 24.3 Å². The Bertz CT molecular complexity index is 539. The number of methoxy groups -OCH3 is 1. The van der Waals surface area contributed by atoms with E-state index in [4.69, 9.17) is 4.74 Å². The summed E-state index contributed by atoms with van der Waals surface area (Å²) < 4.78 is 31.8. The van der Waals surface area contributed by atoms with Gasteiger partial charge in [0.05, 0.1) is 7.11 Å². The van der Waals surface area contributed by atoms with Gasteiger partial charge in [-0.25, -0.2) is 12.7 Å². The third kappa shape index (κ3) is 3.31. The van der Waals surface area contributed by atoms with Gasteiger partial charge in [-0.2, -0.15) is 0 Å². The van der Waals surface area contributed by atoms with E-state index < -0.39 is 10.0 Å². The molecule has 1 fully saturated rings.